The van der Waals surface area contributed by atoms with Crippen LogP contribution in [-0.4, -0.2) is 42.6 Å². The van der Waals surface area contributed by atoms with Gasteiger partial charge >= 0.3 is 0 Å². The third-order valence-electron chi connectivity index (χ3n) is 5.33. The molecule has 0 aliphatic carbocycles. The van der Waals surface area contributed by atoms with Crippen molar-refractivity contribution < 1.29 is 5.11 Å². The average Bonchev–Trinajstić information content (AvgIpc) is 3.19. The molecule has 1 unspecified atom stereocenters. The Kier molecular flexibility index (Phi) is 7.85. The highest BCUT2D eigenvalue weighted by atomic mass is 32.1. The van der Waals surface area contributed by atoms with Crippen LogP contribution < -0.4 is 10.6 Å². The molecule has 0 saturated carbocycles. The minimum absolute atomic E-state index is 0.407. The second-order valence-corrected chi connectivity index (χ2v) is 8.90. The summed E-state index contributed by atoms with van der Waals surface area (Å²) in [6.07, 6.45) is -0.576. The highest BCUT2D eigenvalue weighted by molar-refractivity contribution is 7.19. The predicted molar refractivity (Wildman–Crippen MR) is 128 cm³/mol. The lowest BCUT2D eigenvalue weighted by Gasteiger charge is -2.23. The summed E-state index contributed by atoms with van der Waals surface area (Å²) in [5.74, 6) is 0.683. The molecule has 0 radical (unpaired) electrons. The lowest BCUT2D eigenvalue weighted by atomic mass is 10.1. The summed E-state index contributed by atoms with van der Waals surface area (Å²) < 4.78 is 1.19. The van der Waals surface area contributed by atoms with Crippen molar-refractivity contribution in [3.63, 3.8) is 0 Å². The largest absolute Gasteiger partial charge is 0.386 e. The second-order valence-electron chi connectivity index (χ2n) is 7.79. The van der Waals surface area contributed by atoms with E-state index < -0.39 is 6.10 Å². The number of aliphatic imine (C=N–C) groups is 1. The molecule has 0 aliphatic rings. The van der Waals surface area contributed by atoms with Crippen LogP contribution in [0, 0.1) is 0 Å². The molecular formula is C24H32N4OS. The van der Waals surface area contributed by atoms with Gasteiger partial charge in [-0.05, 0) is 49.5 Å². The number of thiophene rings is 1. The van der Waals surface area contributed by atoms with Crippen LogP contribution in [0.2, 0.25) is 0 Å². The Hall–Kier alpha value is -2.41. The number of benzene rings is 2. The minimum Gasteiger partial charge on any atom is -0.386 e. The zero-order chi connectivity index (χ0) is 21.5. The molecule has 3 aromatic rings. The van der Waals surface area contributed by atoms with E-state index in [4.69, 9.17) is 0 Å². The minimum atomic E-state index is -0.576. The molecule has 0 spiro atoms. The monoisotopic (exact) mass is 424 g/mol. The molecule has 5 nitrogen and oxygen atoms in total. The molecule has 0 amide bonds. The van der Waals surface area contributed by atoms with Crippen molar-refractivity contribution in [3.05, 3.63) is 70.6 Å². The zero-order valence-electron chi connectivity index (χ0n) is 18.2. The van der Waals surface area contributed by atoms with Gasteiger partial charge in [-0.3, -0.25) is 9.89 Å². The first-order valence-electron chi connectivity index (χ1n) is 10.4. The van der Waals surface area contributed by atoms with E-state index in [0.717, 1.165) is 11.4 Å². The standard InChI is InChI=1S/C24H32N4OS/c1-17(2)28(4)16-20-11-6-5-10-19(20)14-26-24(25-3)27-15-21(29)23-13-18-9-7-8-12-22(18)30-23/h5-13,17,21,29H,14-16H2,1-4H3,(H2,25,26,27). The number of hydrogen-bond donors (Lipinski definition) is 3. The van der Waals surface area contributed by atoms with Crippen LogP contribution in [0.25, 0.3) is 10.1 Å². The molecule has 2 aromatic carbocycles. The molecule has 1 atom stereocenters. The molecule has 3 rings (SSSR count). The predicted octanol–water partition coefficient (Wildman–Crippen LogP) is 4.14. The Morgan fingerprint density at radius 2 is 1.77 bits per heavy atom. The molecule has 160 valence electrons. The average molecular weight is 425 g/mol. The summed E-state index contributed by atoms with van der Waals surface area (Å²) >= 11 is 1.63. The van der Waals surface area contributed by atoms with E-state index in [2.05, 4.69) is 83.9 Å². The molecular weight excluding hydrogens is 392 g/mol. The molecule has 1 heterocycles. The van der Waals surface area contributed by atoms with E-state index in [9.17, 15) is 5.11 Å². The van der Waals surface area contributed by atoms with Crippen LogP contribution in [0.15, 0.2) is 59.6 Å². The van der Waals surface area contributed by atoms with Crippen LogP contribution >= 0.6 is 11.3 Å². The summed E-state index contributed by atoms with van der Waals surface area (Å²) in [4.78, 5) is 7.59. The van der Waals surface area contributed by atoms with Gasteiger partial charge in [-0.1, -0.05) is 42.5 Å². The number of guanidine groups is 1. The Balaban J connectivity index is 1.56. The first kappa shape index (κ1) is 22.3. The van der Waals surface area contributed by atoms with Gasteiger partial charge in [0.25, 0.3) is 0 Å². The van der Waals surface area contributed by atoms with Crippen LogP contribution in [0.5, 0.6) is 0 Å². The number of aliphatic hydroxyl groups is 1. The number of rotatable bonds is 8. The van der Waals surface area contributed by atoms with Gasteiger partial charge in [0.05, 0.1) is 0 Å². The van der Waals surface area contributed by atoms with Gasteiger partial charge < -0.3 is 15.7 Å². The number of fused-ring (bicyclic) bond motifs is 1. The first-order valence-corrected chi connectivity index (χ1v) is 11.2. The second kappa shape index (κ2) is 10.6. The summed E-state index contributed by atoms with van der Waals surface area (Å²) in [5, 5.41) is 18.4. The van der Waals surface area contributed by atoms with Crippen LogP contribution in [0.3, 0.4) is 0 Å². The van der Waals surface area contributed by atoms with E-state index in [1.165, 1.54) is 21.2 Å². The van der Waals surface area contributed by atoms with Crippen molar-refractivity contribution in [2.45, 2.75) is 39.1 Å². The van der Waals surface area contributed by atoms with Crippen LogP contribution in [-0.2, 0) is 13.1 Å². The molecule has 0 aliphatic heterocycles. The summed E-state index contributed by atoms with van der Waals surface area (Å²) in [7, 11) is 3.89. The maximum atomic E-state index is 10.6. The zero-order valence-corrected chi connectivity index (χ0v) is 19.0. The van der Waals surface area contributed by atoms with Gasteiger partial charge in [0, 0.05) is 42.3 Å². The topological polar surface area (TPSA) is 59.9 Å². The van der Waals surface area contributed by atoms with Crippen molar-refractivity contribution >= 4 is 27.4 Å². The van der Waals surface area contributed by atoms with Gasteiger partial charge in [-0.15, -0.1) is 11.3 Å². The van der Waals surface area contributed by atoms with E-state index >= 15 is 0 Å². The van der Waals surface area contributed by atoms with Crippen molar-refractivity contribution in [1.82, 2.24) is 15.5 Å². The molecule has 0 fully saturated rings. The van der Waals surface area contributed by atoms with E-state index in [0.29, 0.717) is 25.1 Å². The number of nitrogens with one attached hydrogen (secondary N) is 2. The Morgan fingerprint density at radius 3 is 2.47 bits per heavy atom. The van der Waals surface area contributed by atoms with Gasteiger partial charge in [0.15, 0.2) is 5.96 Å². The summed E-state index contributed by atoms with van der Waals surface area (Å²) in [6.45, 7) is 6.40. The number of aliphatic hydroxyl groups excluding tert-OH is 1. The SMILES string of the molecule is CN=C(NCc1ccccc1CN(C)C(C)C)NCC(O)c1cc2ccccc2s1. The van der Waals surface area contributed by atoms with Gasteiger partial charge in [0.1, 0.15) is 6.10 Å². The Bertz CT molecular complexity index is 949. The normalized spacial score (nSPS) is 13.2. The van der Waals surface area contributed by atoms with Crippen LogP contribution in [0.4, 0.5) is 0 Å². The Morgan fingerprint density at radius 1 is 1.07 bits per heavy atom. The summed E-state index contributed by atoms with van der Waals surface area (Å²) in [5.41, 5.74) is 2.56. The summed E-state index contributed by atoms with van der Waals surface area (Å²) in [6, 6.07) is 19.2. The third kappa shape index (κ3) is 5.81. The smallest absolute Gasteiger partial charge is 0.191 e. The first-order chi connectivity index (χ1) is 14.5. The highest BCUT2D eigenvalue weighted by Crippen LogP contribution is 2.29. The van der Waals surface area contributed by atoms with Crippen molar-refractivity contribution in [3.8, 4) is 0 Å². The third-order valence-corrected chi connectivity index (χ3v) is 6.54. The maximum Gasteiger partial charge on any atom is 0.191 e. The lowest BCUT2D eigenvalue weighted by Crippen LogP contribution is -2.39. The molecule has 3 N–H and O–H groups in total. The molecule has 30 heavy (non-hydrogen) atoms. The molecule has 0 saturated heterocycles. The van der Waals surface area contributed by atoms with E-state index in [1.54, 1.807) is 18.4 Å². The fourth-order valence-corrected chi connectivity index (χ4v) is 4.25. The van der Waals surface area contributed by atoms with E-state index in [-0.39, 0.29) is 0 Å². The van der Waals surface area contributed by atoms with Gasteiger partial charge in [0.2, 0.25) is 0 Å². The quantitative estimate of drug-likeness (QED) is 0.376. The number of hydrogen-bond acceptors (Lipinski definition) is 4. The lowest BCUT2D eigenvalue weighted by molar-refractivity contribution is 0.184. The molecule has 1 aromatic heterocycles. The molecule has 6 heteroatoms. The van der Waals surface area contributed by atoms with Crippen molar-refractivity contribution in [2.24, 2.45) is 4.99 Å². The fourth-order valence-electron chi connectivity index (χ4n) is 3.20. The highest BCUT2D eigenvalue weighted by Gasteiger charge is 2.13. The van der Waals surface area contributed by atoms with Crippen LogP contribution in [0.1, 0.15) is 36.0 Å². The number of nitrogens with zero attached hydrogens (tertiary/aromatic N) is 2. The van der Waals surface area contributed by atoms with Crippen molar-refractivity contribution in [2.75, 3.05) is 20.6 Å². The van der Waals surface area contributed by atoms with Crippen molar-refractivity contribution in [1.29, 1.82) is 0 Å². The molecule has 0 bridgehead atoms. The van der Waals surface area contributed by atoms with Gasteiger partial charge in [-0.2, -0.15) is 0 Å². The van der Waals surface area contributed by atoms with Gasteiger partial charge in [-0.25, -0.2) is 0 Å². The van der Waals surface area contributed by atoms with E-state index in [1.807, 2.05) is 12.1 Å². The Labute approximate surface area is 183 Å². The fraction of sp³-hybridized carbons (Fsp3) is 0.375. The maximum absolute atomic E-state index is 10.6.